The summed E-state index contributed by atoms with van der Waals surface area (Å²) in [6, 6.07) is 5.92. The smallest absolute Gasteiger partial charge is 0.285 e. The van der Waals surface area contributed by atoms with Crippen LogP contribution in [0, 0.1) is 0 Å². The van der Waals surface area contributed by atoms with Gasteiger partial charge in [0.2, 0.25) is 5.96 Å². The lowest BCUT2D eigenvalue weighted by Crippen LogP contribution is -2.24. The quantitative estimate of drug-likeness (QED) is 0.397. The van der Waals surface area contributed by atoms with Crippen LogP contribution in [0.4, 0.5) is 0 Å². The molecular formula is C12H20ClN5O2S. The maximum absolute atomic E-state index is 11.7. The van der Waals surface area contributed by atoms with Crippen molar-refractivity contribution in [2.45, 2.75) is 24.7 Å². The Kier molecular flexibility index (Phi) is 7.75. The second-order valence-corrected chi connectivity index (χ2v) is 5.74. The third-order valence-electron chi connectivity index (χ3n) is 2.47. The number of hydrogen-bond acceptors (Lipinski definition) is 3. The van der Waals surface area contributed by atoms with Crippen LogP contribution < -0.4 is 17.2 Å². The summed E-state index contributed by atoms with van der Waals surface area (Å²) in [5.74, 6) is -0.126. The maximum Gasteiger partial charge on any atom is 0.285 e. The van der Waals surface area contributed by atoms with Crippen LogP contribution >= 0.6 is 12.4 Å². The van der Waals surface area contributed by atoms with Gasteiger partial charge in [0.15, 0.2) is 0 Å². The van der Waals surface area contributed by atoms with Crippen LogP contribution in [0.2, 0.25) is 0 Å². The Labute approximate surface area is 130 Å². The highest BCUT2D eigenvalue weighted by Crippen LogP contribution is 2.13. The van der Waals surface area contributed by atoms with Gasteiger partial charge in [-0.25, -0.2) is 0 Å². The van der Waals surface area contributed by atoms with Crippen molar-refractivity contribution in [2.75, 3.05) is 6.54 Å². The van der Waals surface area contributed by atoms with Crippen molar-refractivity contribution in [2.24, 2.45) is 26.6 Å². The highest BCUT2D eigenvalue weighted by molar-refractivity contribution is 7.90. The number of halogens is 1. The minimum atomic E-state index is -3.87. The van der Waals surface area contributed by atoms with Crippen LogP contribution in [-0.4, -0.2) is 26.8 Å². The fourth-order valence-electron chi connectivity index (χ4n) is 1.44. The molecule has 0 atom stereocenters. The molecule has 0 amide bonds. The zero-order valence-corrected chi connectivity index (χ0v) is 13.3. The molecule has 0 aliphatic rings. The fourth-order valence-corrected chi connectivity index (χ4v) is 2.30. The lowest BCUT2D eigenvalue weighted by atomic mass is 10.2. The molecule has 0 heterocycles. The Hall–Kier alpha value is -1.80. The largest absolute Gasteiger partial charge is 0.384 e. The lowest BCUT2D eigenvalue weighted by molar-refractivity contribution is 0.598. The predicted molar refractivity (Wildman–Crippen MR) is 87.2 cm³/mol. The molecule has 0 spiro atoms. The molecule has 0 unspecified atom stereocenters. The second kappa shape index (κ2) is 8.48. The molecular weight excluding hydrogens is 314 g/mol. The average Bonchev–Trinajstić information content (AvgIpc) is 2.37. The summed E-state index contributed by atoms with van der Waals surface area (Å²) in [5, 5.41) is 0. The second-order valence-electron chi connectivity index (χ2n) is 4.14. The number of rotatable bonds is 6. The summed E-state index contributed by atoms with van der Waals surface area (Å²) in [6.45, 7) is 2.71. The van der Waals surface area contributed by atoms with E-state index in [0.29, 0.717) is 17.9 Å². The van der Waals surface area contributed by atoms with E-state index in [1.54, 1.807) is 12.1 Å². The summed E-state index contributed by atoms with van der Waals surface area (Å²) >= 11 is 0. The molecule has 0 aliphatic carbocycles. The van der Waals surface area contributed by atoms with E-state index in [1.807, 2.05) is 0 Å². The topological polar surface area (TPSA) is 137 Å². The van der Waals surface area contributed by atoms with Crippen molar-refractivity contribution in [3.8, 4) is 0 Å². The normalized spacial score (nSPS) is 11.6. The first-order chi connectivity index (χ1) is 9.36. The molecule has 118 valence electrons. The fraction of sp³-hybridized carbons (Fsp3) is 0.333. The number of guanidine groups is 1. The number of nitrogens with zero attached hydrogens (tertiary/aromatic N) is 2. The van der Waals surface area contributed by atoms with Crippen molar-refractivity contribution < 1.29 is 8.42 Å². The highest BCUT2D eigenvalue weighted by atomic mass is 35.5. The molecule has 1 aromatic rings. The van der Waals surface area contributed by atoms with Gasteiger partial charge in [0, 0.05) is 12.1 Å². The molecule has 0 bridgehead atoms. The van der Waals surface area contributed by atoms with Crippen LogP contribution in [-0.2, 0) is 10.0 Å². The van der Waals surface area contributed by atoms with Crippen molar-refractivity contribution in [3.05, 3.63) is 29.8 Å². The standard InChI is InChI=1S/C12H19N5O2S.ClH/c1-2-3-8-16-11(13)9-4-6-10(7-5-9)20(18,19)17-12(14)15;/h4-7H,2-3,8H2,1H3,(H2,13,16)(H4,14,15,17);1H. The molecule has 0 radical (unpaired) electrons. The minimum Gasteiger partial charge on any atom is -0.384 e. The third-order valence-corrected chi connectivity index (χ3v) is 3.79. The van der Waals surface area contributed by atoms with Gasteiger partial charge >= 0.3 is 0 Å². The van der Waals surface area contributed by atoms with Gasteiger partial charge in [-0.3, -0.25) is 4.99 Å². The molecule has 1 rings (SSSR count). The van der Waals surface area contributed by atoms with Gasteiger partial charge in [-0.1, -0.05) is 13.3 Å². The Bertz CT molecular complexity index is 607. The van der Waals surface area contributed by atoms with Gasteiger partial charge in [0.25, 0.3) is 10.0 Å². The van der Waals surface area contributed by atoms with Gasteiger partial charge in [0.1, 0.15) is 5.84 Å². The predicted octanol–water partition coefficient (Wildman–Crippen LogP) is 0.576. The van der Waals surface area contributed by atoms with Crippen molar-refractivity contribution in [1.29, 1.82) is 0 Å². The number of hydrogen-bond donors (Lipinski definition) is 3. The minimum absolute atomic E-state index is 0. The zero-order chi connectivity index (χ0) is 15.2. The molecule has 0 saturated heterocycles. The lowest BCUT2D eigenvalue weighted by Gasteiger charge is -2.03. The Morgan fingerprint density at radius 3 is 2.19 bits per heavy atom. The Morgan fingerprint density at radius 2 is 1.71 bits per heavy atom. The molecule has 21 heavy (non-hydrogen) atoms. The highest BCUT2D eigenvalue weighted by Gasteiger charge is 2.13. The van der Waals surface area contributed by atoms with Crippen molar-refractivity contribution in [3.63, 3.8) is 0 Å². The van der Waals surface area contributed by atoms with E-state index in [2.05, 4.69) is 16.3 Å². The van der Waals surface area contributed by atoms with Crippen LogP contribution in [0.1, 0.15) is 25.3 Å². The van der Waals surface area contributed by atoms with Gasteiger partial charge in [-0.05, 0) is 30.7 Å². The van der Waals surface area contributed by atoms with Gasteiger partial charge in [-0.2, -0.15) is 8.42 Å². The number of sulfonamides is 1. The summed E-state index contributed by atoms with van der Waals surface area (Å²) in [7, 11) is -3.87. The van der Waals surface area contributed by atoms with Crippen LogP contribution in [0.25, 0.3) is 0 Å². The molecule has 1 aromatic carbocycles. The Morgan fingerprint density at radius 1 is 1.14 bits per heavy atom. The van der Waals surface area contributed by atoms with Crippen molar-refractivity contribution >= 4 is 34.2 Å². The average molecular weight is 334 g/mol. The molecule has 6 N–H and O–H groups in total. The summed E-state index contributed by atoms with van der Waals surface area (Å²) < 4.78 is 26.6. The molecule has 7 nitrogen and oxygen atoms in total. The van der Waals surface area contributed by atoms with E-state index < -0.39 is 16.0 Å². The van der Waals surface area contributed by atoms with E-state index >= 15 is 0 Å². The van der Waals surface area contributed by atoms with E-state index in [4.69, 9.17) is 17.2 Å². The van der Waals surface area contributed by atoms with Crippen molar-refractivity contribution in [1.82, 2.24) is 0 Å². The number of aliphatic imine (C=N–C) groups is 1. The Balaban J connectivity index is 0.00000400. The number of unbranched alkanes of at least 4 members (excludes halogenated alkanes) is 1. The number of nitrogens with two attached hydrogens (primary N) is 3. The molecule has 0 saturated carbocycles. The monoisotopic (exact) mass is 333 g/mol. The first-order valence-electron chi connectivity index (χ1n) is 6.13. The van der Waals surface area contributed by atoms with E-state index in [-0.39, 0.29) is 17.3 Å². The maximum atomic E-state index is 11.7. The van der Waals surface area contributed by atoms with Crippen LogP contribution in [0.15, 0.2) is 38.6 Å². The van der Waals surface area contributed by atoms with Crippen LogP contribution in [0.3, 0.4) is 0 Å². The summed E-state index contributed by atoms with van der Waals surface area (Å²) in [6.07, 6.45) is 1.99. The molecule has 0 aliphatic heterocycles. The zero-order valence-electron chi connectivity index (χ0n) is 11.7. The molecule has 0 aromatic heterocycles. The summed E-state index contributed by atoms with van der Waals surface area (Å²) in [4.78, 5) is 4.20. The number of amidine groups is 1. The van der Waals surface area contributed by atoms with E-state index in [9.17, 15) is 8.42 Å². The first-order valence-corrected chi connectivity index (χ1v) is 7.57. The van der Waals surface area contributed by atoms with Gasteiger partial charge < -0.3 is 17.2 Å². The first kappa shape index (κ1) is 19.2. The summed E-state index contributed by atoms with van der Waals surface area (Å²) in [5.41, 5.74) is 16.6. The molecule has 0 fully saturated rings. The SMILES string of the molecule is CCCCN=C(N)c1ccc(S(=O)(=O)N=C(N)N)cc1.Cl. The van der Waals surface area contributed by atoms with Gasteiger partial charge in [-0.15, -0.1) is 16.8 Å². The third kappa shape index (κ3) is 6.01. The molecule has 9 heteroatoms. The van der Waals surface area contributed by atoms with E-state index in [0.717, 1.165) is 12.8 Å². The van der Waals surface area contributed by atoms with Crippen LogP contribution in [0.5, 0.6) is 0 Å². The number of benzene rings is 1. The van der Waals surface area contributed by atoms with E-state index in [1.165, 1.54) is 12.1 Å². The van der Waals surface area contributed by atoms with Gasteiger partial charge in [0.05, 0.1) is 4.90 Å².